The van der Waals surface area contributed by atoms with Gasteiger partial charge in [0.15, 0.2) is 0 Å². The van der Waals surface area contributed by atoms with Crippen LogP contribution in [0, 0.1) is 0 Å². The van der Waals surface area contributed by atoms with Crippen LogP contribution in [0.25, 0.3) is 11.3 Å². The van der Waals surface area contributed by atoms with E-state index in [9.17, 15) is 9.90 Å². The first-order valence-corrected chi connectivity index (χ1v) is 8.53. The van der Waals surface area contributed by atoms with Gasteiger partial charge in [-0.05, 0) is 24.1 Å². The van der Waals surface area contributed by atoms with Gasteiger partial charge in [-0.15, -0.1) is 5.10 Å². The van der Waals surface area contributed by atoms with Crippen molar-refractivity contribution in [1.82, 2.24) is 20.3 Å². The molecule has 128 valence electrons. The molecule has 6 nitrogen and oxygen atoms in total. The van der Waals surface area contributed by atoms with E-state index in [0.717, 1.165) is 21.3 Å². The Morgan fingerprint density at radius 1 is 1.20 bits per heavy atom. The van der Waals surface area contributed by atoms with Crippen molar-refractivity contribution in [2.45, 2.75) is 12.5 Å². The number of amides is 1. The van der Waals surface area contributed by atoms with Crippen molar-refractivity contribution in [1.29, 1.82) is 0 Å². The van der Waals surface area contributed by atoms with E-state index in [-0.39, 0.29) is 0 Å². The lowest BCUT2D eigenvalue weighted by Crippen LogP contribution is -2.30. The van der Waals surface area contributed by atoms with E-state index in [1.165, 1.54) is 0 Å². The number of nitrogens with zero attached hydrogens (tertiary/aromatic N) is 3. The molecule has 2 aromatic carbocycles. The minimum Gasteiger partial charge on any atom is -0.465 e. The van der Waals surface area contributed by atoms with Crippen LogP contribution in [0.5, 0.6) is 0 Å². The molecule has 25 heavy (non-hydrogen) atoms. The lowest BCUT2D eigenvalue weighted by atomic mass is 9.99. The molecule has 0 aliphatic rings. The molecule has 0 unspecified atom stereocenters. The Kier molecular flexibility index (Phi) is 5.14. The molecule has 1 heterocycles. The van der Waals surface area contributed by atoms with Gasteiger partial charge in [0.05, 0.1) is 11.7 Å². The molecule has 3 rings (SSSR count). The van der Waals surface area contributed by atoms with Gasteiger partial charge in [-0.1, -0.05) is 63.6 Å². The summed E-state index contributed by atoms with van der Waals surface area (Å²) in [6, 6.07) is 17.0. The molecule has 1 aromatic heterocycles. The molecule has 0 saturated carbocycles. The quantitative estimate of drug-likeness (QED) is 0.682. The summed E-state index contributed by atoms with van der Waals surface area (Å²) in [7, 11) is 1.77. The maximum atomic E-state index is 11.3. The summed E-state index contributed by atoms with van der Waals surface area (Å²) in [6.45, 7) is 0. The van der Waals surface area contributed by atoms with Gasteiger partial charge in [0.2, 0.25) is 0 Å². The van der Waals surface area contributed by atoms with Crippen LogP contribution in [0.4, 0.5) is 4.79 Å². The zero-order valence-corrected chi connectivity index (χ0v) is 15.1. The third kappa shape index (κ3) is 4.06. The lowest BCUT2D eigenvalue weighted by molar-refractivity contribution is 0.189. The molecule has 0 radical (unpaired) electrons. The number of rotatable bonds is 5. The standard InChI is InChI=1S/C18H17BrN4O2/c1-23-17(16(21-22-23)13-7-9-14(19)10-8-13)15(20-18(24)25)11-12-5-3-2-4-6-12/h2-10,15,20H,11H2,1H3,(H,24,25)/t15-/m1/s1. The number of benzene rings is 2. The summed E-state index contributed by atoms with van der Waals surface area (Å²) in [5, 5.41) is 20.2. The van der Waals surface area contributed by atoms with Crippen LogP contribution in [0.2, 0.25) is 0 Å². The van der Waals surface area contributed by atoms with Gasteiger partial charge in [0.25, 0.3) is 0 Å². The average Bonchev–Trinajstić information content (AvgIpc) is 2.97. The van der Waals surface area contributed by atoms with Crippen molar-refractivity contribution < 1.29 is 9.90 Å². The molecule has 3 aromatic rings. The number of carboxylic acid groups (broad SMARTS) is 1. The molecule has 2 N–H and O–H groups in total. The first-order chi connectivity index (χ1) is 12.0. The van der Waals surface area contributed by atoms with Gasteiger partial charge in [0, 0.05) is 17.1 Å². The van der Waals surface area contributed by atoms with Crippen LogP contribution in [0.3, 0.4) is 0 Å². The fourth-order valence-electron chi connectivity index (χ4n) is 2.78. The zero-order valence-electron chi connectivity index (χ0n) is 13.6. The van der Waals surface area contributed by atoms with Gasteiger partial charge >= 0.3 is 6.09 Å². The number of aromatic nitrogens is 3. The Morgan fingerprint density at radius 2 is 1.88 bits per heavy atom. The van der Waals surface area contributed by atoms with Crippen molar-refractivity contribution >= 4 is 22.0 Å². The summed E-state index contributed by atoms with van der Waals surface area (Å²) < 4.78 is 2.59. The van der Waals surface area contributed by atoms with Gasteiger partial charge in [-0.2, -0.15) is 0 Å². The van der Waals surface area contributed by atoms with Gasteiger partial charge < -0.3 is 10.4 Å². The minimum absolute atomic E-state index is 0.460. The van der Waals surface area contributed by atoms with E-state index in [2.05, 4.69) is 31.6 Å². The Morgan fingerprint density at radius 3 is 2.52 bits per heavy atom. The van der Waals surface area contributed by atoms with Crippen LogP contribution in [0.1, 0.15) is 17.3 Å². The van der Waals surface area contributed by atoms with Gasteiger partial charge in [0.1, 0.15) is 5.69 Å². The fraction of sp³-hybridized carbons (Fsp3) is 0.167. The lowest BCUT2D eigenvalue weighted by Gasteiger charge is -2.18. The molecule has 0 aliphatic heterocycles. The number of carbonyl (C=O) groups is 1. The second-order valence-electron chi connectivity index (χ2n) is 5.65. The van der Waals surface area contributed by atoms with Crippen LogP contribution >= 0.6 is 15.9 Å². The topological polar surface area (TPSA) is 80.0 Å². The van der Waals surface area contributed by atoms with Crippen molar-refractivity contribution in [3.8, 4) is 11.3 Å². The van der Waals surface area contributed by atoms with E-state index >= 15 is 0 Å². The molecular formula is C18H17BrN4O2. The van der Waals surface area contributed by atoms with Crippen LogP contribution in [-0.2, 0) is 13.5 Å². The highest BCUT2D eigenvalue weighted by Gasteiger charge is 2.24. The highest BCUT2D eigenvalue weighted by Crippen LogP contribution is 2.29. The largest absolute Gasteiger partial charge is 0.465 e. The highest BCUT2D eigenvalue weighted by molar-refractivity contribution is 9.10. The third-order valence-electron chi connectivity index (χ3n) is 3.90. The smallest absolute Gasteiger partial charge is 0.405 e. The third-order valence-corrected chi connectivity index (χ3v) is 4.43. The molecule has 1 amide bonds. The number of nitrogens with one attached hydrogen (secondary N) is 1. The average molecular weight is 401 g/mol. The molecule has 0 spiro atoms. The minimum atomic E-state index is -1.08. The van der Waals surface area contributed by atoms with Crippen LogP contribution in [0.15, 0.2) is 59.1 Å². The van der Waals surface area contributed by atoms with E-state index in [1.807, 2.05) is 54.6 Å². The van der Waals surface area contributed by atoms with Crippen molar-refractivity contribution in [3.63, 3.8) is 0 Å². The summed E-state index contributed by atoms with van der Waals surface area (Å²) >= 11 is 3.42. The Hall–Kier alpha value is -2.67. The summed E-state index contributed by atoms with van der Waals surface area (Å²) in [5.74, 6) is 0. The predicted molar refractivity (Wildman–Crippen MR) is 98.2 cm³/mol. The summed E-state index contributed by atoms with van der Waals surface area (Å²) in [5.41, 5.74) is 3.32. The Labute approximate surface area is 153 Å². The number of hydrogen-bond acceptors (Lipinski definition) is 3. The first-order valence-electron chi connectivity index (χ1n) is 7.73. The van der Waals surface area contributed by atoms with Crippen molar-refractivity contribution in [3.05, 3.63) is 70.3 Å². The first kappa shape index (κ1) is 17.2. The Bertz CT molecular complexity index is 863. The SMILES string of the molecule is Cn1nnc(-c2ccc(Br)cc2)c1[C@@H](Cc1ccccc1)NC(=O)O. The normalized spacial score (nSPS) is 11.9. The zero-order chi connectivity index (χ0) is 17.8. The van der Waals surface area contributed by atoms with Crippen LogP contribution < -0.4 is 5.32 Å². The van der Waals surface area contributed by atoms with Gasteiger partial charge in [-0.25, -0.2) is 9.48 Å². The van der Waals surface area contributed by atoms with Gasteiger partial charge in [-0.3, -0.25) is 0 Å². The number of aryl methyl sites for hydroxylation is 1. The molecular weight excluding hydrogens is 384 g/mol. The second kappa shape index (κ2) is 7.48. The molecule has 0 aliphatic carbocycles. The highest BCUT2D eigenvalue weighted by atomic mass is 79.9. The van der Waals surface area contributed by atoms with Crippen molar-refractivity contribution in [2.24, 2.45) is 7.05 Å². The maximum Gasteiger partial charge on any atom is 0.405 e. The predicted octanol–water partition coefficient (Wildman–Crippen LogP) is 3.80. The van der Waals surface area contributed by atoms with E-state index in [0.29, 0.717) is 12.1 Å². The van der Waals surface area contributed by atoms with Crippen molar-refractivity contribution in [2.75, 3.05) is 0 Å². The molecule has 0 fully saturated rings. The van der Waals surface area contributed by atoms with E-state index in [1.54, 1.807) is 11.7 Å². The monoisotopic (exact) mass is 400 g/mol. The molecule has 0 saturated heterocycles. The number of halogens is 1. The molecule has 0 bridgehead atoms. The fourth-order valence-corrected chi connectivity index (χ4v) is 3.05. The summed E-state index contributed by atoms with van der Waals surface area (Å²) in [6.07, 6.45) is -0.568. The number of hydrogen-bond donors (Lipinski definition) is 2. The summed E-state index contributed by atoms with van der Waals surface area (Å²) in [4.78, 5) is 11.3. The van der Waals surface area contributed by atoms with E-state index in [4.69, 9.17) is 0 Å². The molecule has 7 heteroatoms. The van der Waals surface area contributed by atoms with E-state index < -0.39 is 12.1 Å². The maximum absolute atomic E-state index is 11.3. The molecule has 1 atom stereocenters. The second-order valence-corrected chi connectivity index (χ2v) is 6.56. The van der Waals surface area contributed by atoms with Crippen LogP contribution in [-0.4, -0.2) is 26.2 Å². The Balaban J connectivity index is 2.02.